The van der Waals surface area contributed by atoms with Gasteiger partial charge in [-0.05, 0) is 55.5 Å². The zero-order valence-electron chi connectivity index (χ0n) is 16.3. The molecule has 0 aromatic heterocycles. The monoisotopic (exact) mass is 401 g/mol. The molecule has 0 aliphatic carbocycles. The summed E-state index contributed by atoms with van der Waals surface area (Å²) in [5.41, 5.74) is 3.85. The normalized spacial score (nSPS) is 14.0. The van der Waals surface area contributed by atoms with E-state index in [1.54, 1.807) is 0 Å². The van der Waals surface area contributed by atoms with Crippen LogP contribution >= 0.6 is 11.6 Å². The standard InChI is InChI=1S/C22H28ClN3O2/c1-2-28-16-18-9-5-4-8-17(18)15-24-22(27)25-19-10-11-21(20(23)14-19)26-12-6-3-7-13-26/h4-5,8-11,14H,2-3,6-7,12-13,15-16H2,1H3,(H2,24,25,27). The molecular formula is C22H28ClN3O2. The average Bonchev–Trinajstić information content (AvgIpc) is 2.72. The van der Waals surface area contributed by atoms with Crippen LogP contribution in [-0.2, 0) is 17.9 Å². The van der Waals surface area contributed by atoms with Crippen LogP contribution in [-0.4, -0.2) is 25.7 Å². The van der Waals surface area contributed by atoms with Crippen LogP contribution < -0.4 is 15.5 Å². The van der Waals surface area contributed by atoms with E-state index in [0.29, 0.717) is 30.5 Å². The average molecular weight is 402 g/mol. The minimum Gasteiger partial charge on any atom is -0.377 e. The van der Waals surface area contributed by atoms with Crippen LogP contribution in [0.2, 0.25) is 5.02 Å². The Morgan fingerprint density at radius 2 is 1.86 bits per heavy atom. The highest BCUT2D eigenvalue weighted by molar-refractivity contribution is 6.33. The molecule has 1 saturated heterocycles. The Morgan fingerprint density at radius 1 is 1.11 bits per heavy atom. The zero-order chi connectivity index (χ0) is 19.8. The van der Waals surface area contributed by atoms with E-state index in [4.69, 9.17) is 16.3 Å². The summed E-state index contributed by atoms with van der Waals surface area (Å²) < 4.78 is 5.49. The van der Waals surface area contributed by atoms with Gasteiger partial charge in [-0.15, -0.1) is 0 Å². The molecule has 2 N–H and O–H groups in total. The number of hydrogen-bond acceptors (Lipinski definition) is 3. The Labute approximate surface area is 172 Å². The summed E-state index contributed by atoms with van der Waals surface area (Å²) in [7, 11) is 0. The lowest BCUT2D eigenvalue weighted by molar-refractivity contribution is 0.133. The number of halogens is 1. The number of amides is 2. The number of carbonyl (C=O) groups is 1. The van der Waals surface area contributed by atoms with E-state index in [9.17, 15) is 4.79 Å². The third-order valence-corrected chi connectivity index (χ3v) is 5.22. The van der Waals surface area contributed by atoms with Gasteiger partial charge in [0.15, 0.2) is 0 Å². The van der Waals surface area contributed by atoms with Crippen LogP contribution in [0.3, 0.4) is 0 Å². The molecule has 1 heterocycles. The highest BCUT2D eigenvalue weighted by Crippen LogP contribution is 2.30. The number of piperidine rings is 1. The van der Waals surface area contributed by atoms with Gasteiger partial charge in [0.1, 0.15) is 0 Å². The van der Waals surface area contributed by atoms with E-state index in [1.165, 1.54) is 19.3 Å². The highest BCUT2D eigenvalue weighted by Gasteiger charge is 2.14. The van der Waals surface area contributed by atoms with Crippen molar-refractivity contribution < 1.29 is 9.53 Å². The van der Waals surface area contributed by atoms with Crippen LogP contribution in [0.5, 0.6) is 0 Å². The molecule has 28 heavy (non-hydrogen) atoms. The molecule has 150 valence electrons. The van der Waals surface area contributed by atoms with Crippen molar-refractivity contribution in [2.24, 2.45) is 0 Å². The van der Waals surface area contributed by atoms with Crippen molar-refractivity contribution in [1.29, 1.82) is 0 Å². The maximum absolute atomic E-state index is 12.3. The molecule has 1 fully saturated rings. The molecule has 1 aliphatic rings. The molecule has 1 aliphatic heterocycles. The number of nitrogens with one attached hydrogen (secondary N) is 2. The molecule has 2 amide bonds. The fourth-order valence-electron chi connectivity index (χ4n) is 3.41. The van der Waals surface area contributed by atoms with Gasteiger partial charge in [-0.1, -0.05) is 35.9 Å². The lowest BCUT2D eigenvalue weighted by Gasteiger charge is -2.29. The summed E-state index contributed by atoms with van der Waals surface area (Å²) in [5, 5.41) is 6.43. The molecule has 0 atom stereocenters. The lowest BCUT2D eigenvalue weighted by atomic mass is 10.1. The van der Waals surface area contributed by atoms with E-state index in [0.717, 1.165) is 29.9 Å². The second-order valence-corrected chi connectivity index (χ2v) is 7.33. The van der Waals surface area contributed by atoms with Gasteiger partial charge in [0, 0.05) is 31.9 Å². The minimum atomic E-state index is -0.256. The van der Waals surface area contributed by atoms with Crippen molar-refractivity contribution in [2.45, 2.75) is 39.3 Å². The first-order valence-electron chi connectivity index (χ1n) is 9.91. The van der Waals surface area contributed by atoms with E-state index < -0.39 is 0 Å². The number of hydrogen-bond donors (Lipinski definition) is 2. The van der Waals surface area contributed by atoms with E-state index in [1.807, 2.05) is 49.4 Å². The SMILES string of the molecule is CCOCc1ccccc1CNC(=O)Nc1ccc(N2CCCCC2)c(Cl)c1. The van der Waals surface area contributed by atoms with Gasteiger partial charge < -0.3 is 20.3 Å². The number of carbonyl (C=O) groups excluding carboxylic acids is 1. The molecule has 0 unspecified atom stereocenters. The third-order valence-electron chi connectivity index (χ3n) is 4.92. The fraction of sp³-hybridized carbons (Fsp3) is 0.409. The molecule has 0 spiro atoms. The summed E-state index contributed by atoms with van der Waals surface area (Å²) in [6.45, 7) is 5.69. The maximum Gasteiger partial charge on any atom is 0.319 e. The van der Waals surface area contributed by atoms with Gasteiger partial charge in [-0.3, -0.25) is 0 Å². The van der Waals surface area contributed by atoms with Crippen LogP contribution in [0, 0.1) is 0 Å². The molecule has 5 nitrogen and oxygen atoms in total. The molecule has 0 radical (unpaired) electrons. The third kappa shape index (κ3) is 5.63. The van der Waals surface area contributed by atoms with Crippen molar-refractivity contribution in [3.05, 3.63) is 58.6 Å². The summed E-state index contributed by atoms with van der Waals surface area (Å²) in [6, 6.07) is 13.4. The van der Waals surface area contributed by atoms with Gasteiger partial charge in [0.05, 0.1) is 17.3 Å². The number of nitrogens with zero attached hydrogens (tertiary/aromatic N) is 1. The van der Waals surface area contributed by atoms with Crippen molar-refractivity contribution in [2.75, 3.05) is 29.9 Å². The van der Waals surface area contributed by atoms with Crippen LogP contribution in [0.15, 0.2) is 42.5 Å². The first-order chi connectivity index (χ1) is 13.7. The Bertz CT molecular complexity index is 791. The van der Waals surface area contributed by atoms with Gasteiger partial charge in [0.25, 0.3) is 0 Å². The number of ether oxygens (including phenoxy) is 1. The van der Waals surface area contributed by atoms with Gasteiger partial charge in [-0.25, -0.2) is 4.79 Å². The number of benzene rings is 2. The maximum atomic E-state index is 12.3. The molecule has 3 rings (SSSR count). The van der Waals surface area contributed by atoms with Crippen molar-refractivity contribution >= 4 is 29.0 Å². The van der Waals surface area contributed by atoms with Crippen LogP contribution in [0.4, 0.5) is 16.2 Å². The van der Waals surface area contributed by atoms with Crippen molar-refractivity contribution in [3.63, 3.8) is 0 Å². The highest BCUT2D eigenvalue weighted by atomic mass is 35.5. The Kier molecular flexibility index (Phi) is 7.57. The summed E-state index contributed by atoms with van der Waals surface area (Å²) in [5.74, 6) is 0. The lowest BCUT2D eigenvalue weighted by Crippen LogP contribution is -2.30. The minimum absolute atomic E-state index is 0.256. The van der Waals surface area contributed by atoms with Gasteiger partial charge >= 0.3 is 6.03 Å². The molecule has 6 heteroatoms. The predicted molar refractivity (Wildman–Crippen MR) is 115 cm³/mol. The predicted octanol–water partition coefficient (Wildman–Crippen LogP) is 5.19. The molecule has 0 saturated carbocycles. The quantitative estimate of drug-likeness (QED) is 0.671. The van der Waals surface area contributed by atoms with E-state index in [-0.39, 0.29) is 6.03 Å². The summed E-state index contributed by atoms with van der Waals surface area (Å²) in [4.78, 5) is 14.6. The topological polar surface area (TPSA) is 53.6 Å². The Morgan fingerprint density at radius 3 is 2.57 bits per heavy atom. The van der Waals surface area contributed by atoms with Gasteiger partial charge in [0.2, 0.25) is 0 Å². The molecular weight excluding hydrogens is 374 g/mol. The Balaban J connectivity index is 1.56. The first-order valence-corrected chi connectivity index (χ1v) is 10.3. The Hall–Kier alpha value is -2.24. The summed E-state index contributed by atoms with van der Waals surface area (Å²) >= 11 is 6.46. The zero-order valence-corrected chi connectivity index (χ0v) is 17.1. The van der Waals surface area contributed by atoms with Crippen molar-refractivity contribution in [1.82, 2.24) is 5.32 Å². The molecule has 2 aromatic carbocycles. The second-order valence-electron chi connectivity index (χ2n) is 6.93. The first kappa shape index (κ1) is 20.5. The molecule has 2 aromatic rings. The number of anilines is 2. The van der Waals surface area contributed by atoms with E-state index in [2.05, 4.69) is 15.5 Å². The van der Waals surface area contributed by atoms with Crippen molar-refractivity contribution in [3.8, 4) is 0 Å². The van der Waals surface area contributed by atoms with Gasteiger partial charge in [-0.2, -0.15) is 0 Å². The van der Waals surface area contributed by atoms with Crippen LogP contribution in [0.25, 0.3) is 0 Å². The molecule has 0 bridgehead atoms. The largest absolute Gasteiger partial charge is 0.377 e. The number of rotatable bonds is 7. The second kappa shape index (κ2) is 10.3. The smallest absolute Gasteiger partial charge is 0.319 e. The fourth-order valence-corrected chi connectivity index (χ4v) is 3.71. The summed E-state index contributed by atoms with van der Waals surface area (Å²) in [6.07, 6.45) is 3.68. The van der Waals surface area contributed by atoms with Crippen LogP contribution in [0.1, 0.15) is 37.3 Å². The number of urea groups is 1. The van der Waals surface area contributed by atoms with E-state index >= 15 is 0 Å².